The van der Waals surface area contributed by atoms with Crippen molar-refractivity contribution in [1.29, 1.82) is 0 Å². The molecule has 0 fully saturated rings. The van der Waals surface area contributed by atoms with Crippen LogP contribution in [0.4, 0.5) is 5.69 Å². The summed E-state index contributed by atoms with van der Waals surface area (Å²) in [5.41, 5.74) is 2.05. The molecule has 0 N–H and O–H groups in total. The van der Waals surface area contributed by atoms with E-state index in [9.17, 15) is 4.79 Å². The van der Waals surface area contributed by atoms with Gasteiger partial charge in [0.2, 0.25) is 0 Å². The molecule has 0 bridgehead atoms. The smallest absolute Gasteiger partial charge is 0.260 e. The van der Waals surface area contributed by atoms with Gasteiger partial charge in [0.25, 0.3) is 5.56 Å². The van der Waals surface area contributed by atoms with Crippen molar-refractivity contribution < 1.29 is 0 Å². The molecule has 0 amide bonds. The minimum atomic E-state index is 0.0789. The maximum absolute atomic E-state index is 12.6. The first-order valence-corrected chi connectivity index (χ1v) is 6.78. The fraction of sp³-hybridized carbons (Fsp3) is 0.250. The SMILES string of the molecule is CN(C)c1ccc2c3n(c(=O)c4cccc1c42)CCN=3. The van der Waals surface area contributed by atoms with Crippen LogP contribution in [0.15, 0.2) is 40.1 Å². The summed E-state index contributed by atoms with van der Waals surface area (Å²) >= 11 is 0. The van der Waals surface area contributed by atoms with E-state index in [1.165, 1.54) is 0 Å². The average molecular weight is 265 g/mol. The van der Waals surface area contributed by atoms with E-state index in [1.807, 2.05) is 26.2 Å². The van der Waals surface area contributed by atoms with E-state index in [1.54, 1.807) is 4.57 Å². The minimum absolute atomic E-state index is 0.0789. The molecular formula is C16H15N3O. The molecular weight excluding hydrogens is 250 g/mol. The summed E-state index contributed by atoms with van der Waals surface area (Å²) in [5.74, 6) is 0. The molecule has 0 aliphatic carbocycles. The van der Waals surface area contributed by atoms with Crippen LogP contribution < -0.4 is 15.9 Å². The van der Waals surface area contributed by atoms with Gasteiger partial charge < -0.3 is 4.90 Å². The van der Waals surface area contributed by atoms with E-state index >= 15 is 0 Å². The second-order valence-corrected chi connectivity index (χ2v) is 5.42. The minimum Gasteiger partial charge on any atom is -0.377 e. The Balaban J connectivity index is 2.36. The lowest BCUT2D eigenvalue weighted by atomic mass is 10.0. The highest BCUT2D eigenvalue weighted by Gasteiger charge is 2.16. The third-order valence-electron chi connectivity index (χ3n) is 4.06. The number of hydrogen-bond donors (Lipinski definition) is 0. The molecule has 4 rings (SSSR count). The Kier molecular flexibility index (Phi) is 2.19. The monoisotopic (exact) mass is 265 g/mol. The van der Waals surface area contributed by atoms with E-state index in [2.05, 4.69) is 28.1 Å². The van der Waals surface area contributed by atoms with Crippen LogP contribution in [0.3, 0.4) is 0 Å². The number of anilines is 1. The Hall–Kier alpha value is -2.36. The lowest BCUT2D eigenvalue weighted by Gasteiger charge is -2.17. The number of nitrogens with zero attached hydrogens (tertiary/aromatic N) is 3. The largest absolute Gasteiger partial charge is 0.377 e. The van der Waals surface area contributed by atoms with Crippen LogP contribution in [0.2, 0.25) is 0 Å². The summed E-state index contributed by atoms with van der Waals surface area (Å²) in [7, 11) is 4.04. The molecule has 3 aromatic rings. The van der Waals surface area contributed by atoms with E-state index < -0.39 is 0 Å². The van der Waals surface area contributed by atoms with Gasteiger partial charge in [-0.1, -0.05) is 12.1 Å². The van der Waals surface area contributed by atoms with Crippen molar-refractivity contribution >= 4 is 27.2 Å². The molecule has 0 radical (unpaired) electrons. The summed E-state index contributed by atoms with van der Waals surface area (Å²) in [6.45, 7) is 1.39. The molecule has 2 heterocycles. The molecule has 4 nitrogen and oxygen atoms in total. The molecule has 0 saturated heterocycles. The molecule has 100 valence electrons. The number of aromatic nitrogens is 1. The summed E-state index contributed by atoms with van der Waals surface area (Å²) in [4.78, 5) is 19.2. The lowest BCUT2D eigenvalue weighted by molar-refractivity contribution is 0.738. The van der Waals surface area contributed by atoms with E-state index in [4.69, 9.17) is 0 Å². The first kappa shape index (κ1) is 11.5. The zero-order valence-corrected chi connectivity index (χ0v) is 11.6. The summed E-state index contributed by atoms with van der Waals surface area (Å²) in [6, 6.07) is 10.2. The Labute approximate surface area is 115 Å². The number of hydrogen-bond acceptors (Lipinski definition) is 3. The lowest BCUT2D eigenvalue weighted by Crippen LogP contribution is -2.30. The highest BCUT2D eigenvalue weighted by Crippen LogP contribution is 2.30. The third kappa shape index (κ3) is 1.31. The van der Waals surface area contributed by atoms with Crippen molar-refractivity contribution in [3.05, 3.63) is 46.2 Å². The molecule has 2 aromatic carbocycles. The van der Waals surface area contributed by atoms with Crippen molar-refractivity contribution in [2.45, 2.75) is 6.54 Å². The summed E-state index contributed by atoms with van der Waals surface area (Å²) < 4.78 is 1.80. The van der Waals surface area contributed by atoms with E-state index in [0.29, 0.717) is 13.1 Å². The van der Waals surface area contributed by atoms with Gasteiger partial charge in [0, 0.05) is 47.9 Å². The van der Waals surface area contributed by atoms with E-state index in [0.717, 1.165) is 32.7 Å². The Bertz CT molecular complexity index is 953. The highest BCUT2D eigenvalue weighted by atomic mass is 16.1. The number of fused-ring (bicyclic) bond motifs is 2. The molecule has 0 unspecified atom stereocenters. The standard InChI is InChI=1S/C16H15N3O/c1-18(2)13-7-6-11-14-10(13)4-3-5-12(14)16(20)19-9-8-17-15(11)19/h3-7H,8-9H2,1-2H3. The number of pyridine rings is 1. The molecule has 1 aliphatic heterocycles. The molecule has 4 heteroatoms. The van der Waals surface area contributed by atoms with Crippen molar-refractivity contribution in [3.63, 3.8) is 0 Å². The van der Waals surface area contributed by atoms with Crippen LogP contribution in [-0.2, 0) is 6.54 Å². The van der Waals surface area contributed by atoms with Gasteiger partial charge in [0.05, 0.1) is 6.54 Å². The van der Waals surface area contributed by atoms with Crippen LogP contribution in [0.1, 0.15) is 0 Å². The highest BCUT2D eigenvalue weighted by molar-refractivity contribution is 6.13. The van der Waals surface area contributed by atoms with Gasteiger partial charge in [-0.25, -0.2) is 0 Å². The predicted molar refractivity (Wildman–Crippen MR) is 81.7 cm³/mol. The van der Waals surface area contributed by atoms with Gasteiger partial charge in [0.1, 0.15) is 5.49 Å². The van der Waals surface area contributed by atoms with Crippen LogP contribution in [0, 0.1) is 0 Å². The van der Waals surface area contributed by atoms with Gasteiger partial charge in [-0.3, -0.25) is 14.4 Å². The fourth-order valence-electron chi connectivity index (χ4n) is 3.17. The molecule has 1 aromatic heterocycles. The Morgan fingerprint density at radius 1 is 1.10 bits per heavy atom. The van der Waals surface area contributed by atoms with Gasteiger partial charge in [0.15, 0.2) is 0 Å². The predicted octanol–water partition coefficient (Wildman–Crippen LogP) is 1.57. The van der Waals surface area contributed by atoms with Crippen molar-refractivity contribution in [1.82, 2.24) is 4.57 Å². The number of benzene rings is 2. The quantitative estimate of drug-likeness (QED) is 0.670. The second-order valence-electron chi connectivity index (χ2n) is 5.42. The van der Waals surface area contributed by atoms with Crippen molar-refractivity contribution in [2.24, 2.45) is 4.99 Å². The fourth-order valence-corrected chi connectivity index (χ4v) is 3.17. The van der Waals surface area contributed by atoms with Gasteiger partial charge in [-0.15, -0.1) is 0 Å². The van der Waals surface area contributed by atoms with Crippen molar-refractivity contribution in [2.75, 3.05) is 25.5 Å². The zero-order chi connectivity index (χ0) is 13.9. The maximum Gasteiger partial charge on any atom is 0.260 e. The van der Waals surface area contributed by atoms with Gasteiger partial charge >= 0.3 is 0 Å². The summed E-state index contributed by atoms with van der Waals surface area (Å²) in [6.07, 6.45) is 0. The third-order valence-corrected chi connectivity index (χ3v) is 4.06. The molecule has 0 spiro atoms. The molecule has 1 aliphatic rings. The van der Waals surface area contributed by atoms with E-state index in [-0.39, 0.29) is 5.56 Å². The van der Waals surface area contributed by atoms with Crippen LogP contribution in [-0.4, -0.2) is 25.2 Å². The van der Waals surface area contributed by atoms with Crippen molar-refractivity contribution in [3.8, 4) is 0 Å². The van der Waals surface area contributed by atoms with Crippen LogP contribution in [0.5, 0.6) is 0 Å². The Morgan fingerprint density at radius 3 is 2.70 bits per heavy atom. The normalized spacial score (nSPS) is 13.7. The number of rotatable bonds is 1. The van der Waals surface area contributed by atoms with Gasteiger partial charge in [-0.05, 0) is 18.2 Å². The second kappa shape index (κ2) is 3.82. The molecule has 20 heavy (non-hydrogen) atoms. The van der Waals surface area contributed by atoms with Crippen LogP contribution in [0.25, 0.3) is 21.5 Å². The topological polar surface area (TPSA) is 37.6 Å². The average Bonchev–Trinajstić information content (AvgIpc) is 2.93. The molecule has 0 atom stereocenters. The molecule has 0 saturated carbocycles. The van der Waals surface area contributed by atoms with Crippen LogP contribution >= 0.6 is 0 Å². The zero-order valence-electron chi connectivity index (χ0n) is 11.6. The summed E-state index contributed by atoms with van der Waals surface area (Å²) in [5, 5.41) is 4.04. The van der Waals surface area contributed by atoms with Gasteiger partial charge in [-0.2, -0.15) is 0 Å². The maximum atomic E-state index is 12.6. The first-order valence-electron chi connectivity index (χ1n) is 6.78. The first-order chi connectivity index (χ1) is 9.68. The Morgan fingerprint density at radius 2 is 1.90 bits per heavy atom.